The molecule has 0 saturated heterocycles. The van der Waals surface area contributed by atoms with Crippen LogP contribution in [0.5, 0.6) is 0 Å². The van der Waals surface area contributed by atoms with E-state index < -0.39 is 4.92 Å². The van der Waals surface area contributed by atoms with Gasteiger partial charge < -0.3 is 5.32 Å². The third-order valence-corrected chi connectivity index (χ3v) is 4.49. The average Bonchev–Trinajstić information content (AvgIpc) is 3.16. The fourth-order valence-corrected chi connectivity index (χ4v) is 3.07. The molecule has 7 nitrogen and oxygen atoms in total. The number of rotatable bonds is 7. The van der Waals surface area contributed by atoms with E-state index in [-0.39, 0.29) is 5.69 Å². The Bertz CT molecular complexity index is 1090. The molecule has 29 heavy (non-hydrogen) atoms. The smallest absolute Gasteiger partial charge is 0.287 e. The molecule has 144 valence electrons. The van der Waals surface area contributed by atoms with Gasteiger partial charge in [0.1, 0.15) is 12.0 Å². The molecular weight excluding hydrogens is 366 g/mol. The molecule has 0 aliphatic carbocycles. The Labute approximate surface area is 167 Å². The third kappa shape index (κ3) is 4.47. The molecule has 7 heteroatoms. The van der Waals surface area contributed by atoms with Gasteiger partial charge >= 0.3 is 0 Å². The van der Waals surface area contributed by atoms with Gasteiger partial charge in [-0.3, -0.25) is 14.8 Å². The maximum Gasteiger partial charge on any atom is 0.287 e. The summed E-state index contributed by atoms with van der Waals surface area (Å²) >= 11 is 0. The normalized spacial score (nSPS) is 10.6. The highest BCUT2D eigenvalue weighted by Crippen LogP contribution is 2.23. The highest BCUT2D eigenvalue weighted by molar-refractivity contribution is 5.63. The number of anilines is 1. The van der Waals surface area contributed by atoms with Crippen LogP contribution in [0.25, 0.3) is 11.3 Å². The number of hydrogen-bond acceptors (Lipinski definition) is 5. The molecule has 0 atom stereocenters. The summed E-state index contributed by atoms with van der Waals surface area (Å²) in [7, 11) is 0. The van der Waals surface area contributed by atoms with Crippen molar-refractivity contribution in [2.75, 3.05) is 5.32 Å². The fourth-order valence-electron chi connectivity index (χ4n) is 3.07. The highest BCUT2D eigenvalue weighted by Gasteiger charge is 2.12. The molecule has 2 aromatic heterocycles. The van der Waals surface area contributed by atoms with Gasteiger partial charge in [0.25, 0.3) is 5.69 Å². The number of hydrogen-bond donors (Lipinski definition) is 1. The maximum absolute atomic E-state index is 10.8. The van der Waals surface area contributed by atoms with Gasteiger partial charge in [0.2, 0.25) is 0 Å². The predicted octanol–water partition coefficient (Wildman–Crippen LogP) is 4.51. The molecule has 4 aromatic rings. The van der Waals surface area contributed by atoms with Gasteiger partial charge in [0.15, 0.2) is 0 Å². The minimum Gasteiger partial charge on any atom is -0.366 e. The summed E-state index contributed by atoms with van der Waals surface area (Å²) in [6.07, 6.45) is 3.27. The number of nitro groups is 1. The molecule has 0 radical (unpaired) electrons. The lowest BCUT2D eigenvalue weighted by molar-refractivity contribution is -0.385. The van der Waals surface area contributed by atoms with Crippen molar-refractivity contribution in [1.29, 1.82) is 0 Å². The minimum atomic E-state index is -0.460. The lowest BCUT2D eigenvalue weighted by Gasteiger charge is -2.05. The minimum absolute atomic E-state index is 0.0313. The molecule has 0 bridgehead atoms. The largest absolute Gasteiger partial charge is 0.366 e. The van der Waals surface area contributed by atoms with E-state index in [2.05, 4.69) is 22.4 Å². The van der Waals surface area contributed by atoms with Crippen LogP contribution >= 0.6 is 0 Å². The van der Waals surface area contributed by atoms with Crippen LogP contribution in [-0.2, 0) is 13.1 Å². The molecule has 0 spiro atoms. The van der Waals surface area contributed by atoms with Crippen molar-refractivity contribution in [2.24, 2.45) is 0 Å². The van der Waals surface area contributed by atoms with E-state index in [1.165, 1.54) is 17.8 Å². The fraction of sp³-hybridized carbons (Fsp3) is 0.0909. The Morgan fingerprint density at radius 3 is 2.34 bits per heavy atom. The van der Waals surface area contributed by atoms with Crippen LogP contribution in [0.15, 0.2) is 85.2 Å². The first kappa shape index (κ1) is 18.4. The van der Waals surface area contributed by atoms with E-state index in [9.17, 15) is 10.1 Å². The first-order chi connectivity index (χ1) is 14.2. The Hall–Kier alpha value is -4.00. The van der Waals surface area contributed by atoms with Crippen molar-refractivity contribution < 1.29 is 4.92 Å². The molecule has 0 aliphatic heterocycles. The van der Waals surface area contributed by atoms with Crippen LogP contribution in [-0.4, -0.2) is 19.7 Å². The zero-order valence-electron chi connectivity index (χ0n) is 15.6. The first-order valence-electron chi connectivity index (χ1n) is 9.19. The average molecular weight is 385 g/mol. The van der Waals surface area contributed by atoms with E-state index >= 15 is 0 Å². The van der Waals surface area contributed by atoms with Gasteiger partial charge in [-0.1, -0.05) is 60.7 Å². The van der Waals surface area contributed by atoms with Gasteiger partial charge in [-0.2, -0.15) is 5.10 Å². The number of nitrogens with one attached hydrogen (secondary N) is 1. The lowest BCUT2D eigenvalue weighted by atomic mass is 10.1. The van der Waals surface area contributed by atoms with Crippen LogP contribution in [0.1, 0.15) is 11.1 Å². The summed E-state index contributed by atoms with van der Waals surface area (Å²) < 4.78 is 1.93. The number of aromatic nitrogens is 3. The predicted molar refractivity (Wildman–Crippen MR) is 111 cm³/mol. The quantitative estimate of drug-likeness (QED) is 0.374. The SMILES string of the molecule is O=[N+]([O-])c1ccc(NCc2cn(Cc3ccccc3)nc2-c2ccccc2)nc1. The number of nitrogens with zero attached hydrogens (tertiary/aromatic N) is 4. The van der Waals surface area contributed by atoms with Crippen molar-refractivity contribution in [3.63, 3.8) is 0 Å². The Kier molecular flexibility index (Phi) is 5.29. The molecular formula is C22H19N5O2. The van der Waals surface area contributed by atoms with E-state index in [1.54, 1.807) is 6.07 Å². The summed E-state index contributed by atoms with van der Waals surface area (Å²) in [4.78, 5) is 14.4. The summed E-state index contributed by atoms with van der Waals surface area (Å²) in [5.41, 5.74) is 4.10. The van der Waals surface area contributed by atoms with Gasteiger partial charge in [0.05, 0.1) is 17.2 Å². The monoisotopic (exact) mass is 385 g/mol. The summed E-state index contributed by atoms with van der Waals surface area (Å²) in [5, 5.41) is 18.8. The van der Waals surface area contributed by atoms with Crippen molar-refractivity contribution in [3.8, 4) is 11.3 Å². The standard InChI is InChI=1S/C22H19N5O2/c28-27(29)20-11-12-21(24-14-20)23-13-19-16-26(15-17-7-3-1-4-8-17)25-22(19)18-9-5-2-6-10-18/h1-12,14,16H,13,15H2,(H,23,24). The van der Waals surface area contributed by atoms with Crippen molar-refractivity contribution in [3.05, 3.63) is 106 Å². The van der Waals surface area contributed by atoms with Crippen LogP contribution in [0.4, 0.5) is 11.5 Å². The second kappa shape index (κ2) is 8.35. The van der Waals surface area contributed by atoms with Gasteiger partial charge in [-0.15, -0.1) is 0 Å². The van der Waals surface area contributed by atoms with E-state index in [0.717, 1.165) is 16.8 Å². The van der Waals surface area contributed by atoms with Gasteiger partial charge in [0, 0.05) is 29.9 Å². The third-order valence-electron chi connectivity index (χ3n) is 4.49. The highest BCUT2D eigenvalue weighted by atomic mass is 16.6. The van der Waals surface area contributed by atoms with E-state index in [0.29, 0.717) is 18.9 Å². The molecule has 0 saturated carbocycles. The zero-order valence-corrected chi connectivity index (χ0v) is 15.6. The maximum atomic E-state index is 10.8. The molecule has 0 unspecified atom stereocenters. The first-order valence-corrected chi connectivity index (χ1v) is 9.19. The Morgan fingerprint density at radius 2 is 1.69 bits per heavy atom. The van der Waals surface area contributed by atoms with Gasteiger partial charge in [-0.05, 0) is 11.6 Å². The van der Waals surface area contributed by atoms with Crippen molar-refractivity contribution in [2.45, 2.75) is 13.1 Å². The zero-order chi connectivity index (χ0) is 20.1. The molecule has 2 heterocycles. The number of benzene rings is 2. The van der Waals surface area contributed by atoms with Crippen molar-refractivity contribution in [1.82, 2.24) is 14.8 Å². The Morgan fingerprint density at radius 1 is 0.966 bits per heavy atom. The van der Waals surface area contributed by atoms with Crippen LogP contribution in [0, 0.1) is 10.1 Å². The van der Waals surface area contributed by atoms with E-state index in [1.807, 2.05) is 59.4 Å². The second-order valence-corrected chi connectivity index (χ2v) is 6.56. The molecule has 2 aromatic carbocycles. The topological polar surface area (TPSA) is 85.9 Å². The summed E-state index contributed by atoms with van der Waals surface area (Å²) in [6.45, 7) is 1.18. The lowest BCUT2D eigenvalue weighted by Crippen LogP contribution is -2.02. The van der Waals surface area contributed by atoms with Crippen LogP contribution < -0.4 is 5.32 Å². The van der Waals surface area contributed by atoms with Crippen LogP contribution in [0.2, 0.25) is 0 Å². The van der Waals surface area contributed by atoms with E-state index in [4.69, 9.17) is 5.10 Å². The van der Waals surface area contributed by atoms with Gasteiger partial charge in [-0.25, -0.2) is 4.98 Å². The Balaban J connectivity index is 1.57. The molecule has 0 amide bonds. The second-order valence-electron chi connectivity index (χ2n) is 6.56. The summed E-state index contributed by atoms with van der Waals surface area (Å²) in [6, 6.07) is 23.2. The molecule has 4 rings (SSSR count). The van der Waals surface area contributed by atoms with Crippen LogP contribution in [0.3, 0.4) is 0 Å². The molecule has 0 aliphatic rings. The summed E-state index contributed by atoms with van der Waals surface area (Å²) in [5.74, 6) is 0.574. The molecule has 1 N–H and O–H groups in total. The van der Waals surface area contributed by atoms with Crippen molar-refractivity contribution >= 4 is 11.5 Å². The molecule has 0 fully saturated rings. The number of pyridine rings is 1.